The Morgan fingerprint density at radius 2 is 2.06 bits per heavy atom. The molecule has 0 spiro atoms. The molecular formula is C12H12BrN3. The average molecular weight is 278 g/mol. The summed E-state index contributed by atoms with van der Waals surface area (Å²) in [6.07, 6.45) is 1.68. The van der Waals surface area contributed by atoms with E-state index < -0.39 is 0 Å². The largest absolute Gasteiger partial charge is 0.399 e. The van der Waals surface area contributed by atoms with Crippen LogP contribution in [-0.2, 0) is 0 Å². The molecule has 0 fully saturated rings. The molecule has 2 aromatic rings. The van der Waals surface area contributed by atoms with Crippen molar-refractivity contribution in [2.75, 3.05) is 11.1 Å². The van der Waals surface area contributed by atoms with Crippen molar-refractivity contribution in [1.82, 2.24) is 4.98 Å². The number of hydrogen-bond acceptors (Lipinski definition) is 3. The van der Waals surface area contributed by atoms with Gasteiger partial charge in [0.05, 0.1) is 0 Å². The van der Waals surface area contributed by atoms with Crippen molar-refractivity contribution in [2.24, 2.45) is 0 Å². The summed E-state index contributed by atoms with van der Waals surface area (Å²) in [5, 5.41) is 3.21. The minimum atomic E-state index is 0.698. The van der Waals surface area contributed by atoms with Crippen LogP contribution in [0.25, 0.3) is 0 Å². The number of nitrogens with one attached hydrogen (secondary N) is 1. The van der Waals surface area contributed by atoms with Crippen LogP contribution in [0, 0.1) is 6.92 Å². The van der Waals surface area contributed by atoms with Gasteiger partial charge < -0.3 is 11.1 Å². The molecule has 1 aromatic heterocycles. The van der Waals surface area contributed by atoms with Crippen molar-refractivity contribution < 1.29 is 0 Å². The summed E-state index contributed by atoms with van der Waals surface area (Å²) in [5.74, 6) is 0.748. The molecule has 0 aliphatic rings. The van der Waals surface area contributed by atoms with E-state index in [1.54, 1.807) is 18.3 Å². The van der Waals surface area contributed by atoms with E-state index in [4.69, 9.17) is 5.73 Å². The van der Waals surface area contributed by atoms with Crippen LogP contribution in [-0.4, -0.2) is 4.98 Å². The number of aromatic nitrogens is 1. The van der Waals surface area contributed by atoms with E-state index in [0.717, 1.165) is 16.0 Å². The van der Waals surface area contributed by atoms with E-state index in [0.29, 0.717) is 5.69 Å². The minimum Gasteiger partial charge on any atom is -0.399 e. The second-order valence-electron chi connectivity index (χ2n) is 3.62. The highest BCUT2D eigenvalue weighted by atomic mass is 79.9. The fourth-order valence-corrected chi connectivity index (χ4v) is 2.08. The van der Waals surface area contributed by atoms with Gasteiger partial charge in [0.15, 0.2) is 0 Å². The summed E-state index contributed by atoms with van der Waals surface area (Å²) in [5.41, 5.74) is 8.55. The van der Waals surface area contributed by atoms with Crippen LogP contribution in [0.2, 0.25) is 0 Å². The Hall–Kier alpha value is -1.55. The Morgan fingerprint density at radius 3 is 2.75 bits per heavy atom. The quantitative estimate of drug-likeness (QED) is 0.884. The minimum absolute atomic E-state index is 0.698. The van der Waals surface area contributed by atoms with Gasteiger partial charge in [-0.1, -0.05) is 15.9 Å². The molecule has 1 heterocycles. The first-order valence-corrected chi connectivity index (χ1v) is 5.68. The van der Waals surface area contributed by atoms with Gasteiger partial charge >= 0.3 is 0 Å². The Bertz CT molecular complexity index is 491. The first-order valence-electron chi connectivity index (χ1n) is 4.89. The molecule has 82 valence electrons. The van der Waals surface area contributed by atoms with Crippen molar-refractivity contribution in [3.05, 3.63) is 46.6 Å². The molecule has 0 radical (unpaired) electrons. The first kappa shape index (κ1) is 11.0. The van der Waals surface area contributed by atoms with Crippen molar-refractivity contribution in [1.29, 1.82) is 0 Å². The van der Waals surface area contributed by atoms with E-state index in [-0.39, 0.29) is 0 Å². The number of halogens is 1. The third-order valence-electron chi connectivity index (χ3n) is 2.10. The molecule has 3 nitrogen and oxygen atoms in total. The van der Waals surface area contributed by atoms with Gasteiger partial charge in [0.2, 0.25) is 0 Å². The van der Waals surface area contributed by atoms with Crippen LogP contribution >= 0.6 is 15.9 Å². The monoisotopic (exact) mass is 277 g/mol. The average Bonchev–Trinajstić information content (AvgIpc) is 2.15. The lowest BCUT2D eigenvalue weighted by Crippen LogP contribution is -1.95. The molecule has 1 aromatic carbocycles. The summed E-state index contributed by atoms with van der Waals surface area (Å²) in [6.45, 7) is 2.04. The molecule has 0 atom stereocenters. The van der Waals surface area contributed by atoms with Crippen LogP contribution in [0.1, 0.15) is 5.56 Å². The Labute approximate surface area is 103 Å². The predicted octanol–water partition coefficient (Wildman–Crippen LogP) is 3.48. The lowest BCUT2D eigenvalue weighted by Gasteiger charge is -2.07. The molecule has 0 aliphatic carbocycles. The highest BCUT2D eigenvalue weighted by Gasteiger charge is 1.99. The fourth-order valence-electron chi connectivity index (χ4n) is 1.47. The van der Waals surface area contributed by atoms with Gasteiger partial charge in [0.1, 0.15) is 5.82 Å². The van der Waals surface area contributed by atoms with Crippen LogP contribution < -0.4 is 11.1 Å². The molecule has 2 rings (SSSR count). The Kier molecular flexibility index (Phi) is 3.10. The lowest BCUT2D eigenvalue weighted by molar-refractivity contribution is 1.30. The number of rotatable bonds is 2. The van der Waals surface area contributed by atoms with Gasteiger partial charge in [-0.2, -0.15) is 0 Å². The van der Waals surface area contributed by atoms with Gasteiger partial charge in [-0.3, -0.25) is 0 Å². The van der Waals surface area contributed by atoms with Gasteiger partial charge in [-0.05, 0) is 36.8 Å². The SMILES string of the molecule is Cc1cc(Br)cc(Nc2cc(N)ccn2)c1. The summed E-state index contributed by atoms with van der Waals surface area (Å²) >= 11 is 3.46. The van der Waals surface area contributed by atoms with Gasteiger partial charge in [0.25, 0.3) is 0 Å². The van der Waals surface area contributed by atoms with E-state index in [1.807, 2.05) is 13.0 Å². The number of anilines is 3. The number of benzene rings is 1. The lowest BCUT2D eigenvalue weighted by atomic mass is 10.2. The summed E-state index contributed by atoms with van der Waals surface area (Å²) in [6, 6.07) is 9.67. The van der Waals surface area contributed by atoms with Crippen LogP contribution in [0.4, 0.5) is 17.2 Å². The van der Waals surface area contributed by atoms with Crippen molar-refractivity contribution in [3.8, 4) is 0 Å². The smallest absolute Gasteiger partial charge is 0.132 e. The van der Waals surface area contributed by atoms with Gasteiger partial charge in [0, 0.05) is 28.1 Å². The van der Waals surface area contributed by atoms with Gasteiger partial charge in [-0.25, -0.2) is 4.98 Å². The van der Waals surface area contributed by atoms with E-state index in [2.05, 4.69) is 38.4 Å². The normalized spacial score (nSPS) is 10.1. The number of aryl methyl sites for hydroxylation is 1. The highest BCUT2D eigenvalue weighted by molar-refractivity contribution is 9.10. The third kappa shape index (κ3) is 2.73. The van der Waals surface area contributed by atoms with E-state index >= 15 is 0 Å². The standard InChI is InChI=1S/C12H12BrN3/c1-8-4-9(13)6-11(5-8)16-12-7-10(14)2-3-15-12/h2-7H,1H3,(H3,14,15,16). The van der Waals surface area contributed by atoms with Crippen LogP contribution in [0.15, 0.2) is 41.0 Å². The molecule has 0 saturated heterocycles. The highest BCUT2D eigenvalue weighted by Crippen LogP contribution is 2.22. The van der Waals surface area contributed by atoms with Crippen molar-refractivity contribution in [3.63, 3.8) is 0 Å². The molecule has 16 heavy (non-hydrogen) atoms. The van der Waals surface area contributed by atoms with Crippen molar-refractivity contribution >= 4 is 33.1 Å². The number of nitrogen functional groups attached to an aromatic ring is 1. The predicted molar refractivity (Wildman–Crippen MR) is 70.8 cm³/mol. The number of pyridine rings is 1. The molecule has 0 saturated carbocycles. The molecule has 3 N–H and O–H groups in total. The Balaban J connectivity index is 2.27. The number of nitrogens with two attached hydrogens (primary N) is 1. The molecule has 0 bridgehead atoms. The second kappa shape index (κ2) is 4.53. The van der Waals surface area contributed by atoms with E-state index in [9.17, 15) is 0 Å². The number of hydrogen-bond donors (Lipinski definition) is 2. The molecule has 0 aliphatic heterocycles. The zero-order valence-corrected chi connectivity index (χ0v) is 10.5. The van der Waals surface area contributed by atoms with Crippen LogP contribution in [0.3, 0.4) is 0 Å². The number of nitrogens with zero attached hydrogens (tertiary/aromatic N) is 1. The van der Waals surface area contributed by atoms with E-state index in [1.165, 1.54) is 5.56 Å². The molecule has 4 heteroatoms. The maximum Gasteiger partial charge on any atom is 0.132 e. The first-order chi connectivity index (χ1) is 7.63. The zero-order chi connectivity index (χ0) is 11.5. The topological polar surface area (TPSA) is 50.9 Å². The summed E-state index contributed by atoms with van der Waals surface area (Å²) < 4.78 is 1.04. The summed E-state index contributed by atoms with van der Waals surface area (Å²) in [4.78, 5) is 4.19. The van der Waals surface area contributed by atoms with Crippen LogP contribution in [0.5, 0.6) is 0 Å². The molecular weight excluding hydrogens is 266 g/mol. The summed E-state index contributed by atoms with van der Waals surface area (Å²) in [7, 11) is 0. The maximum absolute atomic E-state index is 5.68. The van der Waals surface area contributed by atoms with Gasteiger partial charge in [-0.15, -0.1) is 0 Å². The fraction of sp³-hybridized carbons (Fsp3) is 0.0833. The zero-order valence-electron chi connectivity index (χ0n) is 8.87. The molecule has 0 unspecified atom stereocenters. The molecule has 0 amide bonds. The third-order valence-corrected chi connectivity index (χ3v) is 2.56. The maximum atomic E-state index is 5.68. The second-order valence-corrected chi connectivity index (χ2v) is 4.53. The van der Waals surface area contributed by atoms with Crippen molar-refractivity contribution in [2.45, 2.75) is 6.92 Å². The Morgan fingerprint density at radius 1 is 1.25 bits per heavy atom.